The zero-order valence-corrected chi connectivity index (χ0v) is 9.78. The summed E-state index contributed by atoms with van der Waals surface area (Å²) in [5, 5.41) is 12.0. The number of anilines is 1. The molecule has 1 aromatic carbocycles. The minimum absolute atomic E-state index is 0.457. The third-order valence-corrected chi connectivity index (χ3v) is 2.30. The summed E-state index contributed by atoms with van der Waals surface area (Å²) in [5.74, 6) is -0.889. The van der Waals surface area contributed by atoms with E-state index in [0.29, 0.717) is 6.61 Å². The molecular weight excluding hydrogens is 206 g/mol. The molecule has 0 amide bonds. The second kappa shape index (κ2) is 4.99. The number of hydrogen-bond acceptors (Lipinski definition) is 3. The van der Waals surface area contributed by atoms with Gasteiger partial charge in [0.15, 0.2) is 0 Å². The number of hydrogen-bond donors (Lipinski definition) is 2. The van der Waals surface area contributed by atoms with Gasteiger partial charge in [-0.25, -0.2) is 4.79 Å². The first kappa shape index (κ1) is 12.5. The number of benzene rings is 1. The van der Waals surface area contributed by atoms with Gasteiger partial charge in [0.25, 0.3) is 0 Å². The van der Waals surface area contributed by atoms with Crippen LogP contribution in [-0.4, -0.2) is 23.7 Å². The van der Waals surface area contributed by atoms with E-state index >= 15 is 0 Å². The molecule has 0 aliphatic heterocycles. The van der Waals surface area contributed by atoms with Gasteiger partial charge in [-0.15, -0.1) is 0 Å². The molecule has 0 radical (unpaired) electrons. The van der Waals surface area contributed by atoms with Crippen LogP contribution in [-0.2, 0) is 16.1 Å². The van der Waals surface area contributed by atoms with E-state index in [9.17, 15) is 4.79 Å². The van der Waals surface area contributed by atoms with Crippen LogP contribution in [0.15, 0.2) is 24.3 Å². The molecule has 2 N–H and O–H groups in total. The van der Waals surface area contributed by atoms with E-state index in [0.717, 1.165) is 11.3 Å². The molecular formula is C12H17NO3. The van der Waals surface area contributed by atoms with Gasteiger partial charge in [0.1, 0.15) is 5.54 Å². The Balaban J connectivity index is 2.92. The van der Waals surface area contributed by atoms with Crippen LogP contribution in [0.3, 0.4) is 0 Å². The van der Waals surface area contributed by atoms with Crippen LogP contribution in [0.1, 0.15) is 19.4 Å². The zero-order chi connectivity index (χ0) is 12.2. The van der Waals surface area contributed by atoms with Gasteiger partial charge in [-0.3, -0.25) is 0 Å². The van der Waals surface area contributed by atoms with E-state index in [4.69, 9.17) is 9.84 Å². The molecule has 16 heavy (non-hydrogen) atoms. The molecule has 0 aromatic heterocycles. The molecule has 0 spiro atoms. The lowest BCUT2D eigenvalue weighted by Gasteiger charge is -2.24. The minimum Gasteiger partial charge on any atom is -0.480 e. The molecule has 1 rings (SSSR count). The molecule has 0 aliphatic carbocycles. The Bertz CT molecular complexity index is 374. The average molecular weight is 223 g/mol. The highest BCUT2D eigenvalue weighted by atomic mass is 16.5. The molecule has 0 saturated carbocycles. The van der Waals surface area contributed by atoms with E-state index in [1.807, 2.05) is 24.3 Å². The molecule has 88 valence electrons. The number of rotatable bonds is 5. The topological polar surface area (TPSA) is 58.6 Å². The number of nitrogens with one attached hydrogen (secondary N) is 1. The lowest BCUT2D eigenvalue weighted by molar-refractivity contribution is -0.141. The van der Waals surface area contributed by atoms with Crippen LogP contribution in [0.5, 0.6) is 0 Å². The fourth-order valence-electron chi connectivity index (χ4n) is 1.31. The maximum Gasteiger partial charge on any atom is 0.328 e. The second-order valence-corrected chi connectivity index (χ2v) is 4.15. The first-order valence-electron chi connectivity index (χ1n) is 5.06. The predicted octanol–water partition coefficient (Wildman–Crippen LogP) is 2.11. The van der Waals surface area contributed by atoms with Crippen LogP contribution in [0.4, 0.5) is 5.69 Å². The standard InChI is InChI=1S/C12H17NO3/c1-12(2,11(14)15)13-10-7-5-4-6-9(10)8-16-3/h4-7,13H,8H2,1-3H3,(H,14,15). The Labute approximate surface area is 95.2 Å². The van der Waals surface area contributed by atoms with Gasteiger partial charge in [0.2, 0.25) is 0 Å². The predicted molar refractivity (Wildman–Crippen MR) is 62.5 cm³/mol. The molecule has 0 saturated heterocycles. The van der Waals surface area contributed by atoms with Crippen molar-refractivity contribution in [1.29, 1.82) is 0 Å². The normalized spacial score (nSPS) is 11.2. The number of methoxy groups -OCH3 is 1. The third-order valence-electron chi connectivity index (χ3n) is 2.30. The summed E-state index contributed by atoms with van der Waals surface area (Å²) in [6.07, 6.45) is 0. The average Bonchev–Trinajstić information content (AvgIpc) is 2.20. The van der Waals surface area contributed by atoms with Crippen LogP contribution >= 0.6 is 0 Å². The number of ether oxygens (including phenoxy) is 1. The van der Waals surface area contributed by atoms with Crippen LogP contribution in [0.2, 0.25) is 0 Å². The second-order valence-electron chi connectivity index (χ2n) is 4.15. The van der Waals surface area contributed by atoms with Gasteiger partial charge < -0.3 is 15.2 Å². The molecule has 0 heterocycles. The Morgan fingerprint density at radius 3 is 2.62 bits per heavy atom. The summed E-state index contributed by atoms with van der Waals surface area (Å²) in [5.41, 5.74) is 0.736. The number of carboxylic acids is 1. The number of aliphatic carboxylic acids is 1. The lowest BCUT2D eigenvalue weighted by Crippen LogP contribution is -2.40. The van der Waals surface area contributed by atoms with Gasteiger partial charge in [-0.2, -0.15) is 0 Å². The van der Waals surface area contributed by atoms with Crippen molar-refractivity contribution in [3.05, 3.63) is 29.8 Å². The fourth-order valence-corrected chi connectivity index (χ4v) is 1.31. The highest BCUT2D eigenvalue weighted by Crippen LogP contribution is 2.20. The number of carboxylic acid groups (broad SMARTS) is 1. The first-order valence-corrected chi connectivity index (χ1v) is 5.06. The van der Waals surface area contributed by atoms with Crippen molar-refractivity contribution < 1.29 is 14.6 Å². The van der Waals surface area contributed by atoms with Crippen molar-refractivity contribution in [2.24, 2.45) is 0 Å². The van der Waals surface area contributed by atoms with Crippen molar-refractivity contribution in [3.8, 4) is 0 Å². The molecule has 4 heteroatoms. The van der Waals surface area contributed by atoms with E-state index in [2.05, 4.69) is 5.32 Å². The van der Waals surface area contributed by atoms with E-state index in [1.54, 1.807) is 21.0 Å². The summed E-state index contributed by atoms with van der Waals surface area (Å²) in [6.45, 7) is 3.71. The molecule has 4 nitrogen and oxygen atoms in total. The summed E-state index contributed by atoms with van der Waals surface area (Å²) in [7, 11) is 1.61. The molecule has 0 aliphatic rings. The number of carbonyl (C=O) groups is 1. The Kier molecular flexibility index (Phi) is 3.90. The van der Waals surface area contributed by atoms with E-state index < -0.39 is 11.5 Å². The highest BCUT2D eigenvalue weighted by molar-refractivity contribution is 5.82. The maximum atomic E-state index is 11.0. The first-order chi connectivity index (χ1) is 7.47. The maximum absolute atomic E-state index is 11.0. The highest BCUT2D eigenvalue weighted by Gasteiger charge is 2.27. The Morgan fingerprint density at radius 1 is 1.44 bits per heavy atom. The van der Waals surface area contributed by atoms with Crippen molar-refractivity contribution in [1.82, 2.24) is 0 Å². The van der Waals surface area contributed by atoms with Crippen LogP contribution in [0.25, 0.3) is 0 Å². The van der Waals surface area contributed by atoms with Crippen molar-refractivity contribution in [3.63, 3.8) is 0 Å². The van der Waals surface area contributed by atoms with Crippen molar-refractivity contribution in [2.45, 2.75) is 26.0 Å². The fraction of sp³-hybridized carbons (Fsp3) is 0.417. The number of para-hydroxylation sites is 1. The Hall–Kier alpha value is -1.55. The minimum atomic E-state index is -0.996. The van der Waals surface area contributed by atoms with Crippen LogP contribution < -0.4 is 5.32 Å². The Morgan fingerprint density at radius 2 is 2.06 bits per heavy atom. The SMILES string of the molecule is COCc1ccccc1NC(C)(C)C(=O)O. The van der Waals surface area contributed by atoms with Gasteiger partial charge in [0, 0.05) is 18.4 Å². The molecule has 1 aromatic rings. The summed E-state index contributed by atoms with van der Waals surface area (Å²) >= 11 is 0. The van der Waals surface area contributed by atoms with Gasteiger partial charge in [-0.05, 0) is 19.9 Å². The monoisotopic (exact) mass is 223 g/mol. The van der Waals surface area contributed by atoms with Gasteiger partial charge in [-0.1, -0.05) is 18.2 Å². The van der Waals surface area contributed by atoms with E-state index in [-0.39, 0.29) is 0 Å². The van der Waals surface area contributed by atoms with Gasteiger partial charge in [0.05, 0.1) is 6.61 Å². The zero-order valence-electron chi connectivity index (χ0n) is 9.78. The largest absolute Gasteiger partial charge is 0.480 e. The lowest BCUT2D eigenvalue weighted by atomic mass is 10.0. The molecule has 0 atom stereocenters. The molecule has 0 unspecified atom stereocenters. The quantitative estimate of drug-likeness (QED) is 0.802. The van der Waals surface area contributed by atoms with E-state index in [1.165, 1.54) is 0 Å². The summed E-state index contributed by atoms with van der Waals surface area (Å²) < 4.78 is 5.06. The van der Waals surface area contributed by atoms with Crippen molar-refractivity contribution >= 4 is 11.7 Å². The summed E-state index contributed by atoms with van der Waals surface area (Å²) in [6, 6.07) is 7.51. The summed E-state index contributed by atoms with van der Waals surface area (Å²) in [4.78, 5) is 11.0. The smallest absolute Gasteiger partial charge is 0.328 e. The molecule has 0 bridgehead atoms. The van der Waals surface area contributed by atoms with Crippen molar-refractivity contribution in [2.75, 3.05) is 12.4 Å². The third kappa shape index (κ3) is 2.97. The van der Waals surface area contributed by atoms with Crippen LogP contribution in [0, 0.1) is 0 Å². The molecule has 0 fully saturated rings. The van der Waals surface area contributed by atoms with Gasteiger partial charge >= 0.3 is 5.97 Å².